The molecule has 0 saturated carbocycles. The van der Waals surface area contributed by atoms with Crippen molar-refractivity contribution in [2.45, 2.75) is 22.1 Å². The summed E-state index contributed by atoms with van der Waals surface area (Å²) < 4.78 is 0. The molecule has 3 N–H and O–H groups in total. The number of aromatic nitrogens is 2. The van der Waals surface area contributed by atoms with Gasteiger partial charge < -0.3 is 10.8 Å². The molecule has 0 fully saturated rings. The number of aliphatic hydroxyl groups is 1. The third-order valence-electron chi connectivity index (χ3n) is 3.58. The minimum Gasteiger partial charge on any atom is -0.378 e. The number of halogens is 2. The molecule has 3 aromatic rings. The van der Waals surface area contributed by atoms with Gasteiger partial charge in [0, 0.05) is 14.9 Å². The third kappa shape index (κ3) is 4.51. The highest BCUT2D eigenvalue weighted by molar-refractivity contribution is 7.99. The zero-order valence-electron chi connectivity index (χ0n) is 13.0. The quantitative estimate of drug-likeness (QED) is 0.632. The van der Waals surface area contributed by atoms with Crippen LogP contribution in [-0.2, 0) is 0 Å². The van der Waals surface area contributed by atoms with Crippen molar-refractivity contribution in [2.75, 3.05) is 0 Å². The van der Waals surface area contributed by atoms with Gasteiger partial charge in [-0.1, -0.05) is 59.2 Å². The van der Waals surface area contributed by atoms with Crippen molar-refractivity contribution < 1.29 is 5.11 Å². The minimum atomic E-state index is -1.17. The largest absolute Gasteiger partial charge is 0.378 e. The highest BCUT2D eigenvalue weighted by Crippen LogP contribution is 2.33. The van der Waals surface area contributed by atoms with Crippen molar-refractivity contribution in [3.8, 4) is 0 Å². The van der Waals surface area contributed by atoms with E-state index in [0.29, 0.717) is 21.3 Å². The van der Waals surface area contributed by atoms with E-state index >= 15 is 0 Å². The summed E-state index contributed by atoms with van der Waals surface area (Å²) in [5, 5.41) is 20.2. The molecule has 3 rings (SSSR count). The Morgan fingerprint density at radius 3 is 2.32 bits per heavy atom. The number of aliphatic hydroxyl groups excluding tert-OH is 1. The van der Waals surface area contributed by atoms with Gasteiger partial charge in [0.1, 0.15) is 11.3 Å². The monoisotopic (exact) mass is 391 g/mol. The summed E-state index contributed by atoms with van der Waals surface area (Å²) >= 11 is 13.7. The molecule has 1 heterocycles. The molecule has 0 aliphatic heterocycles. The Kier molecular flexibility index (Phi) is 5.93. The number of rotatable bonds is 5. The second-order valence-electron chi connectivity index (χ2n) is 5.35. The number of nitrogens with zero attached hydrogens (tertiary/aromatic N) is 2. The highest BCUT2D eigenvalue weighted by Gasteiger charge is 2.24. The Morgan fingerprint density at radius 1 is 0.960 bits per heavy atom. The van der Waals surface area contributed by atoms with Crippen LogP contribution in [-0.4, -0.2) is 21.5 Å². The predicted octanol–water partition coefficient (Wildman–Crippen LogP) is 4.34. The Balaban J connectivity index is 1.87. The molecule has 0 bridgehead atoms. The number of hydrogen-bond acceptors (Lipinski definition) is 5. The van der Waals surface area contributed by atoms with Crippen molar-refractivity contribution >= 4 is 35.0 Å². The van der Waals surface area contributed by atoms with Crippen LogP contribution in [0, 0.1) is 0 Å². The van der Waals surface area contributed by atoms with E-state index in [9.17, 15) is 5.11 Å². The lowest BCUT2D eigenvalue weighted by Gasteiger charge is -2.20. The first-order valence-electron chi connectivity index (χ1n) is 7.50. The molecule has 2 aromatic carbocycles. The van der Waals surface area contributed by atoms with Gasteiger partial charge in [-0.2, -0.15) is 5.10 Å². The van der Waals surface area contributed by atoms with E-state index in [1.165, 1.54) is 11.8 Å². The average Bonchev–Trinajstić information content (AvgIpc) is 2.59. The van der Waals surface area contributed by atoms with Crippen LogP contribution in [0.25, 0.3) is 0 Å². The van der Waals surface area contributed by atoms with Crippen LogP contribution < -0.4 is 5.73 Å². The summed E-state index contributed by atoms with van der Waals surface area (Å²) in [6.07, 6.45) is -1.17. The van der Waals surface area contributed by atoms with Crippen LogP contribution >= 0.6 is 35.0 Å². The van der Waals surface area contributed by atoms with E-state index in [2.05, 4.69) is 10.2 Å². The van der Waals surface area contributed by atoms with Crippen LogP contribution in [0.15, 0.2) is 70.6 Å². The Labute approximate surface area is 160 Å². The minimum absolute atomic E-state index is 0.423. The SMILES string of the molecule is NC(O)C(c1ccc(Sc2ccccc2)nn1)c1ccc(Cl)cc1Cl. The van der Waals surface area contributed by atoms with Crippen molar-refractivity contribution in [3.05, 3.63) is 82.0 Å². The summed E-state index contributed by atoms with van der Waals surface area (Å²) in [6, 6.07) is 18.6. The lowest BCUT2D eigenvalue weighted by Crippen LogP contribution is -2.29. The average molecular weight is 392 g/mol. The van der Waals surface area contributed by atoms with E-state index in [1.54, 1.807) is 24.3 Å². The summed E-state index contributed by atoms with van der Waals surface area (Å²) in [4.78, 5) is 1.07. The van der Waals surface area contributed by atoms with E-state index in [0.717, 1.165) is 9.92 Å². The molecular formula is C18H15Cl2N3OS. The van der Waals surface area contributed by atoms with Crippen LogP contribution in [0.1, 0.15) is 17.2 Å². The van der Waals surface area contributed by atoms with Crippen LogP contribution in [0.4, 0.5) is 0 Å². The molecule has 25 heavy (non-hydrogen) atoms. The fourth-order valence-electron chi connectivity index (χ4n) is 2.43. The first-order chi connectivity index (χ1) is 12.0. The van der Waals surface area contributed by atoms with Gasteiger partial charge >= 0.3 is 0 Å². The molecule has 1 aromatic heterocycles. The molecule has 7 heteroatoms. The van der Waals surface area contributed by atoms with E-state index in [1.807, 2.05) is 36.4 Å². The second kappa shape index (κ2) is 8.17. The summed E-state index contributed by atoms with van der Waals surface area (Å²) in [7, 11) is 0. The zero-order chi connectivity index (χ0) is 17.8. The summed E-state index contributed by atoms with van der Waals surface area (Å²) in [5.74, 6) is -0.590. The first kappa shape index (κ1) is 18.2. The summed E-state index contributed by atoms with van der Waals surface area (Å²) in [6.45, 7) is 0. The number of hydrogen-bond donors (Lipinski definition) is 2. The number of nitrogens with two attached hydrogens (primary N) is 1. The molecular weight excluding hydrogens is 377 g/mol. The molecule has 0 aliphatic carbocycles. The van der Waals surface area contributed by atoms with Crippen molar-refractivity contribution in [3.63, 3.8) is 0 Å². The van der Waals surface area contributed by atoms with Crippen molar-refractivity contribution in [2.24, 2.45) is 5.73 Å². The third-order valence-corrected chi connectivity index (χ3v) is 5.08. The van der Waals surface area contributed by atoms with Crippen LogP contribution in [0.3, 0.4) is 0 Å². The van der Waals surface area contributed by atoms with Gasteiger partial charge in [-0.05, 0) is 42.0 Å². The predicted molar refractivity (Wildman–Crippen MR) is 101 cm³/mol. The molecule has 2 atom stereocenters. The molecule has 4 nitrogen and oxygen atoms in total. The standard InChI is InChI=1S/C18H15Cl2N3OS/c19-11-6-7-13(14(20)10-11)17(18(21)24)15-8-9-16(23-22-15)25-12-4-2-1-3-5-12/h1-10,17-18,24H,21H2. The Hall–Kier alpha value is -1.63. The maximum Gasteiger partial charge on any atom is 0.124 e. The fraction of sp³-hybridized carbons (Fsp3) is 0.111. The van der Waals surface area contributed by atoms with E-state index < -0.39 is 12.1 Å². The lowest BCUT2D eigenvalue weighted by molar-refractivity contribution is 0.162. The number of benzene rings is 2. The van der Waals surface area contributed by atoms with E-state index in [4.69, 9.17) is 28.9 Å². The van der Waals surface area contributed by atoms with Gasteiger partial charge in [0.2, 0.25) is 0 Å². The molecule has 0 radical (unpaired) electrons. The maximum atomic E-state index is 10.0. The highest BCUT2D eigenvalue weighted by atomic mass is 35.5. The van der Waals surface area contributed by atoms with Crippen molar-refractivity contribution in [1.82, 2.24) is 10.2 Å². The van der Waals surface area contributed by atoms with Crippen molar-refractivity contribution in [1.29, 1.82) is 0 Å². The first-order valence-corrected chi connectivity index (χ1v) is 9.07. The molecule has 2 unspecified atom stereocenters. The normalized spacial score (nSPS) is 13.4. The molecule has 0 spiro atoms. The Morgan fingerprint density at radius 2 is 1.72 bits per heavy atom. The van der Waals surface area contributed by atoms with Gasteiger partial charge in [0.15, 0.2) is 0 Å². The fourth-order valence-corrected chi connectivity index (χ4v) is 3.71. The Bertz CT molecular complexity index is 845. The van der Waals surface area contributed by atoms with E-state index in [-0.39, 0.29) is 0 Å². The molecule has 128 valence electrons. The second-order valence-corrected chi connectivity index (χ2v) is 7.28. The lowest BCUT2D eigenvalue weighted by atomic mass is 9.94. The van der Waals surface area contributed by atoms with Gasteiger partial charge in [-0.3, -0.25) is 0 Å². The van der Waals surface area contributed by atoms with Gasteiger partial charge in [0.05, 0.1) is 11.6 Å². The molecule has 0 saturated heterocycles. The topological polar surface area (TPSA) is 72.0 Å². The molecule has 0 amide bonds. The van der Waals surface area contributed by atoms with Gasteiger partial charge in [0.25, 0.3) is 0 Å². The van der Waals surface area contributed by atoms with Crippen LogP contribution in [0.5, 0.6) is 0 Å². The van der Waals surface area contributed by atoms with Crippen LogP contribution in [0.2, 0.25) is 10.0 Å². The zero-order valence-corrected chi connectivity index (χ0v) is 15.3. The summed E-state index contributed by atoms with van der Waals surface area (Å²) in [5.41, 5.74) is 6.95. The smallest absolute Gasteiger partial charge is 0.124 e. The van der Waals surface area contributed by atoms with Gasteiger partial charge in [-0.15, -0.1) is 5.10 Å². The van der Waals surface area contributed by atoms with Gasteiger partial charge in [-0.25, -0.2) is 0 Å². The molecule has 0 aliphatic rings. The maximum absolute atomic E-state index is 10.0.